The van der Waals surface area contributed by atoms with Crippen molar-refractivity contribution >= 4 is 0 Å². The largest absolute Gasteiger partial charge is 0.344 e. The number of aromatic nitrogens is 3. The maximum absolute atomic E-state index is 11.1. The lowest BCUT2D eigenvalue weighted by atomic mass is 10.1. The van der Waals surface area contributed by atoms with Crippen LogP contribution in [0.25, 0.3) is 0 Å². The van der Waals surface area contributed by atoms with Crippen LogP contribution in [0.1, 0.15) is 45.4 Å². The molecule has 0 amide bonds. The highest BCUT2D eigenvalue weighted by Crippen LogP contribution is 2.04. The van der Waals surface area contributed by atoms with Crippen LogP contribution in [0.4, 0.5) is 0 Å². The number of unbranched alkanes of at least 4 members (excludes halogenated alkanes) is 5. The molecule has 1 heterocycles. The molecule has 1 aromatic rings. The summed E-state index contributed by atoms with van der Waals surface area (Å²) >= 11 is 0. The maximum Gasteiger partial charge on any atom is 0.344 e. The van der Waals surface area contributed by atoms with E-state index in [9.17, 15) is 9.59 Å². The number of aromatic amines is 2. The fourth-order valence-electron chi connectivity index (χ4n) is 1.59. The van der Waals surface area contributed by atoms with Gasteiger partial charge in [0, 0.05) is 6.54 Å². The zero-order chi connectivity index (χ0) is 11.1. The first-order valence-electron chi connectivity index (χ1n) is 5.63. The fraction of sp³-hybridized carbons (Fsp3) is 0.800. The molecule has 0 aliphatic carbocycles. The van der Waals surface area contributed by atoms with E-state index in [4.69, 9.17) is 0 Å². The van der Waals surface area contributed by atoms with Gasteiger partial charge in [-0.2, -0.15) is 0 Å². The summed E-state index contributed by atoms with van der Waals surface area (Å²) in [4.78, 5) is 22.2. The molecular formula is C10H19N3O2. The zero-order valence-electron chi connectivity index (χ0n) is 9.21. The van der Waals surface area contributed by atoms with Crippen LogP contribution < -0.4 is 11.4 Å². The van der Waals surface area contributed by atoms with E-state index < -0.39 is 0 Å². The Kier molecular flexibility index (Phi) is 4.93. The van der Waals surface area contributed by atoms with Crippen LogP contribution in [-0.2, 0) is 6.54 Å². The van der Waals surface area contributed by atoms with E-state index in [1.54, 1.807) is 0 Å². The Balaban J connectivity index is 2.21. The number of nitrogens with one attached hydrogen (secondary N) is 2. The second kappa shape index (κ2) is 6.27. The molecule has 1 rings (SSSR count). The predicted molar refractivity (Wildman–Crippen MR) is 59.0 cm³/mol. The molecule has 0 aromatic carbocycles. The first-order valence-corrected chi connectivity index (χ1v) is 5.63. The monoisotopic (exact) mass is 213 g/mol. The average molecular weight is 213 g/mol. The van der Waals surface area contributed by atoms with Gasteiger partial charge in [-0.05, 0) is 6.42 Å². The van der Waals surface area contributed by atoms with Gasteiger partial charge < -0.3 is 0 Å². The van der Waals surface area contributed by atoms with Crippen LogP contribution in [0.2, 0.25) is 0 Å². The van der Waals surface area contributed by atoms with Gasteiger partial charge in [-0.25, -0.2) is 24.4 Å². The van der Waals surface area contributed by atoms with E-state index in [-0.39, 0.29) is 11.4 Å². The summed E-state index contributed by atoms with van der Waals surface area (Å²) < 4.78 is 1.21. The van der Waals surface area contributed by atoms with Crippen LogP contribution in [0, 0.1) is 0 Å². The summed E-state index contributed by atoms with van der Waals surface area (Å²) in [5, 5.41) is 4.54. The van der Waals surface area contributed by atoms with Gasteiger partial charge >= 0.3 is 11.4 Å². The summed E-state index contributed by atoms with van der Waals surface area (Å²) in [7, 11) is 0. The molecule has 1 aromatic heterocycles. The van der Waals surface area contributed by atoms with Crippen LogP contribution in [-0.4, -0.2) is 14.8 Å². The van der Waals surface area contributed by atoms with Gasteiger partial charge in [0.1, 0.15) is 0 Å². The second-order valence-corrected chi connectivity index (χ2v) is 3.78. The van der Waals surface area contributed by atoms with Gasteiger partial charge in [0.15, 0.2) is 0 Å². The number of nitrogens with zero attached hydrogens (tertiary/aromatic N) is 1. The molecule has 0 bridgehead atoms. The summed E-state index contributed by atoms with van der Waals surface area (Å²) in [6.45, 7) is 2.70. The Labute approximate surface area is 88.5 Å². The molecule has 0 saturated carbocycles. The second-order valence-electron chi connectivity index (χ2n) is 3.78. The van der Waals surface area contributed by atoms with Crippen LogP contribution >= 0.6 is 0 Å². The van der Waals surface area contributed by atoms with Crippen molar-refractivity contribution in [3.05, 3.63) is 21.0 Å². The van der Waals surface area contributed by atoms with Crippen molar-refractivity contribution in [2.24, 2.45) is 0 Å². The lowest BCUT2D eigenvalue weighted by Crippen LogP contribution is -2.26. The smallest absolute Gasteiger partial charge is 0.247 e. The molecule has 0 spiro atoms. The molecule has 0 fully saturated rings. The maximum atomic E-state index is 11.1. The van der Waals surface area contributed by atoms with Crippen LogP contribution in [0.3, 0.4) is 0 Å². The number of H-pyrrole nitrogens is 2. The molecule has 2 N–H and O–H groups in total. The van der Waals surface area contributed by atoms with Gasteiger partial charge in [0.25, 0.3) is 0 Å². The third-order valence-electron chi connectivity index (χ3n) is 2.50. The fourth-order valence-corrected chi connectivity index (χ4v) is 1.59. The summed E-state index contributed by atoms with van der Waals surface area (Å²) in [6, 6.07) is 0. The molecule has 0 radical (unpaired) electrons. The minimum Gasteiger partial charge on any atom is -0.247 e. The highest BCUT2D eigenvalue weighted by Gasteiger charge is 2.01. The number of rotatable bonds is 7. The summed E-state index contributed by atoms with van der Waals surface area (Å²) in [5.74, 6) is 0. The molecule has 0 aliphatic heterocycles. The topological polar surface area (TPSA) is 70.7 Å². The standard InChI is InChI=1S/C10H19N3O2/c1-2-3-4-5-6-7-8-13-9(14)11-12-10(13)15/h2-8H2,1H3,(H,11,14)(H,12,15). The molecule has 5 nitrogen and oxygen atoms in total. The van der Waals surface area contributed by atoms with E-state index in [2.05, 4.69) is 17.1 Å². The van der Waals surface area contributed by atoms with E-state index in [1.807, 2.05) is 0 Å². The quantitative estimate of drug-likeness (QED) is 0.669. The van der Waals surface area contributed by atoms with Crippen molar-refractivity contribution in [1.82, 2.24) is 14.8 Å². The van der Waals surface area contributed by atoms with E-state index >= 15 is 0 Å². The Morgan fingerprint density at radius 2 is 1.47 bits per heavy atom. The van der Waals surface area contributed by atoms with E-state index in [0.717, 1.165) is 12.8 Å². The summed E-state index contributed by atoms with van der Waals surface area (Å²) in [6.07, 6.45) is 6.91. The number of hydrogen-bond acceptors (Lipinski definition) is 2. The first kappa shape index (κ1) is 11.8. The SMILES string of the molecule is CCCCCCCCn1c(=O)[nH][nH]c1=O. The summed E-state index contributed by atoms with van der Waals surface area (Å²) in [5.41, 5.74) is -0.679. The van der Waals surface area contributed by atoms with E-state index in [0.29, 0.717) is 6.54 Å². The molecule has 0 saturated heterocycles. The van der Waals surface area contributed by atoms with Crippen molar-refractivity contribution in [3.8, 4) is 0 Å². The van der Waals surface area contributed by atoms with Crippen molar-refractivity contribution in [3.63, 3.8) is 0 Å². The van der Waals surface area contributed by atoms with Gasteiger partial charge in [-0.1, -0.05) is 39.0 Å². The van der Waals surface area contributed by atoms with Gasteiger partial charge in [0.2, 0.25) is 0 Å². The Bertz CT molecular complexity index is 347. The average Bonchev–Trinajstić information content (AvgIpc) is 2.54. The lowest BCUT2D eigenvalue weighted by Gasteiger charge is -1.99. The first-order chi connectivity index (χ1) is 7.25. The Morgan fingerprint density at radius 1 is 0.933 bits per heavy atom. The molecule has 5 heteroatoms. The van der Waals surface area contributed by atoms with Crippen molar-refractivity contribution in [2.45, 2.75) is 52.0 Å². The van der Waals surface area contributed by atoms with Crippen molar-refractivity contribution in [1.29, 1.82) is 0 Å². The Morgan fingerprint density at radius 3 is 2.07 bits per heavy atom. The van der Waals surface area contributed by atoms with Gasteiger partial charge in [0.05, 0.1) is 0 Å². The molecule has 15 heavy (non-hydrogen) atoms. The Hall–Kier alpha value is -1.26. The molecule has 0 aliphatic rings. The highest BCUT2D eigenvalue weighted by molar-refractivity contribution is 4.65. The van der Waals surface area contributed by atoms with Crippen LogP contribution in [0.15, 0.2) is 9.59 Å². The minimum atomic E-state index is -0.339. The third kappa shape index (κ3) is 3.77. The van der Waals surface area contributed by atoms with Gasteiger partial charge in [-0.15, -0.1) is 0 Å². The highest BCUT2D eigenvalue weighted by atomic mass is 16.2. The van der Waals surface area contributed by atoms with Gasteiger partial charge in [-0.3, -0.25) is 0 Å². The van der Waals surface area contributed by atoms with Crippen molar-refractivity contribution < 1.29 is 0 Å². The normalized spacial score (nSPS) is 10.7. The predicted octanol–water partition coefficient (Wildman–Crippen LogP) is 1.23. The van der Waals surface area contributed by atoms with Crippen molar-refractivity contribution in [2.75, 3.05) is 0 Å². The van der Waals surface area contributed by atoms with Crippen LogP contribution in [0.5, 0.6) is 0 Å². The third-order valence-corrected chi connectivity index (χ3v) is 2.50. The molecule has 0 atom stereocenters. The molecule has 0 unspecified atom stereocenters. The number of hydrogen-bond donors (Lipinski definition) is 2. The zero-order valence-corrected chi connectivity index (χ0v) is 9.21. The van der Waals surface area contributed by atoms with E-state index in [1.165, 1.54) is 30.3 Å². The lowest BCUT2D eigenvalue weighted by molar-refractivity contribution is 0.542. The molecular weight excluding hydrogens is 194 g/mol. The molecule has 86 valence electrons. The minimum absolute atomic E-state index is 0.339.